The molecule has 0 bridgehead atoms. The zero-order valence-corrected chi connectivity index (χ0v) is 10.8. The van der Waals surface area contributed by atoms with E-state index in [-0.39, 0.29) is 5.91 Å². The fourth-order valence-electron chi connectivity index (χ4n) is 1.18. The number of amides is 1. The number of hydrogen-bond donors (Lipinski definition) is 1. The van der Waals surface area contributed by atoms with Crippen LogP contribution in [0.3, 0.4) is 0 Å². The first-order valence-corrected chi connectivity index (χ1v) is 6.28. The summed E-state index contributed by atoms with van der Waals surface area (Å²) in [7, 11) is 0. The van der Waals surface area contributed by atoms with Crippen LogP contribution in [0.15, 0.2) is 29.3 Å². The first-order valence-electron chi connectivity index (χ1n) is 5.16. The van der Waals surface area contributed by atoms with Gasteiger partial charge in [0.1, 0.15) is 0 Å². The quantitative estimate of drug-likeness (QED) is 0.504. The van der Waals surface area contributed by atoms with Crippen LogP contribution in [0, 0.1) is 0 Å². The van der Waals surface area contributed by atoms with Crippen LogP contribution in [0.4, 0.5) is 5.69 Å². The summed E-state index contributed by atoms with van der Waals surface area (Å²) in [5.41, 5.74) is 1.86. The molecule has 3 nitrogen and oxygen atoms in total. The zero-order valence-electron chi connectivity index (χ0n) is 9.24. The van der Waals surface area contributed by atoms with E-state index < -0.39 is 0 Å². The Morgan fingerprint density at radius 2 is 2.12 bits per heavy atom. The standard InChI is InChI=1S/C12H15BrN2O/c1-10(16)15-12-5-3-11(4-6-12)9-14-8-2-7-13/h3-6,9H,2,7-8H2,1H3,(H,15,16). The third kappa shape index (κ3) is 5.07. The molecule has 0 spiro atoms. The number of carbonyl (C=O) groups is 1. The molecule has 0 saturated carbocycles. The predicted molar refractivity (Wildman–Crippen MR) is 71.6 cm³/mol. The first kappa shape index (κ1) is 12.9. The number of rotatable bonds is 5. The number of halogens is 1. The number of nitrogens with zero attached hydrogens (tertiary/aromatic N) is 1. The first-order chi connectivity index (χ1) is 7.72. The van der Waals surface area contributed by atoms with E-state index in [2.05, 4.69) is 26.2 Å². The molecule has 1 rings (SSSR count). The van der Waals surface area contributed by atoms with E-state index in [1.807, 2.05) is 30.5 Å². The molecule has 1 aromatic rings. The van der Waals surface area contributed by atoms with Crippen molar-refractivity contribution < 1.29 is 4.79 Å². The molecule has 0 saturated heterocycles. The average molecular weight is 283 g/mol. The second kappa shape index (κ2) is 7.17. The molecular formula is C12H15BrN2O. The molecule has 0 aromatic heterocycles. The van der Waals surface area contributed by atoms with Crippen molar-refractivity contribution in [3.63, 3.8) is 0 Å². The largest absolute Gasteiger partial charge is 0.326 e. The summed E-state index contributed by atoms with van der Waals surface area (Å²) in [5.74, 6) is -0.0567. The van der Waals surface area contributed by atoms with Gasteiger partial charge in [-0.1, -0.05) is 28.1 Å². The normalized spacial score (nSPS) is 10.6. The van der Waals surface area contributed by atoms with Gasteiger partial charge in [0.2, 0.25) is 5.91 Å². The Hall–Kier alpha value is -1.16. The Labute approximate surface area is 104 Å². The number of benzene rings is 1. The highest BCUT2D eigenvalue weighted by Crippen LogP contribution is 2.07. The van der Waals surface area contributed by atoms with Crippen LogP contribution in [0.5, 0.6) is 0 Å². The van der Waals surface area contributed by atoms with Crippen LogP contribution in [0.2, 0.25) is 0 Å². The minimum atomic E-state index is -0.0567. The van der Waals surface area contributed by atoms with Gasteiger partial charge < -0.3 is 5.32 Å². The summed E-state index contributed by atoms with van der Waals surface area (Å²) in [6.45, 7) is 2.33. The molecule has 86 valence electrons. The molecule has 0 atom stereocenters. The Kier molecular flexibility index (Phi) is 5.78. The molecule has 16 heavy (non-hydrogen) atoms. The topological polar surface area (TPSA) is 41.5 Å². The summed E-state index contributed by atoms with van der Waals surface area (Å²) in [6.07, 6.45) is 2.89. The van der Waals surface area contributed by atoms with Crippen molar-refractivity contribution in [2.24, 2.45) is 4.99 Å². The molecule has 0 aliphatic heterocycles. The van der Waals surface area contributed by atoms with Crippen LogP contribution in [-0.2, 0) is 4.79 Å². The fourth-order valence-corrected chi connectivity index (χ4v) is 1.43. The van der Waals surface area contributed by atoms with E-state index in [9.17, 15) is 4.79 Å². The van der Waals surface area contributed by atoms with Gasteiger partial charge in [-0.05, 0) is 24.1 Å². The lowest BCUT2D eigenvalue weighted by molar-refractivity contribution is -0.114. The van der Waals surface area contributed by atoms with E-state index in [0.717, 1.165) is 29.5 Å². The van der Waals surface area contributed by atoms with Crippen molar-refractivity contribution in [2.75, 3.05) is 17.2 Å². The number of nitrogens with one attached hydrogen (secondary N) is 1. The molecular weight excluding hydrogens is 268 g/mol. The SMILES string of the molecule is CC(=O)Nc1ccc(C=NCCCBr)cc1. The molecule has 0 aliphatic carbocycles. The van der Waals surface area contributed by atoms with Crippen LogP contribution in [0.1, 0.15) is 18.9 Å². The maximum absolute atomic E-state index is 10.8. The highest BCUT2D eigenvalue weighted by Gasteiger charge is 1.94. The Morgan fingerprint density at radius 3 is 2.69 bits per heavy atom. The highest BCUT2D eigenvalue weighted by atomic mass is 79.9. The monoisotopic (exact) mass is 282 g/mol. The molecule has 4 heteroatoms. The van der Waals surface area contributed by atoms with Gasteiger partial charge in [0.25, 0.3) is 0 Å². The molecule has 1 amide bonds. The average Bonchev–Trinajstić information content (AvgIpc) is 2.26. The van der Waals surface area contributed by atoms with E-state index in [1.54, 1.807) is 0 Å². The van der Waals surface area contributed by atoms with Gasteiger partial charge in [-0.15, -0.1) is 0 Å². The van der Waals surface area contributed by atoms with Crippen molar-refractivity contribution in [1.29, 1.82) is 0 Å². The number of anilines is 1. The Bertz CT molecular complexity index is 360. The maximum atomic E-state index is 10.8. The van der Waals surface area contributed by atoms with Crippen molar-refractivity contribution in [3.05, 3.63) is 29.8 Å². The van der Waals surface area contributed by atoms with Gasteiger partial charge >= 0.3 is 0 Å². The number of alkyl halides is 1. The number of aliphatic imine (C=N–C) groups is 1. The van der Waals surface area contributed by atoms with Gasteiger partial charge in [-0.25, -0.2) is 0 Å². The number of hydrogen-bond acceptors (Lipinski definition) is 2. The van der Waals surface area contributed by atoms with Crippen LogP contribution in [-0.4, -0.2) is 24.0 Å². The van der Waals surface area contributed by atoms with E-state index >= 15 is 0 Å². The summed E-state index contributed by atoms with van der Waals surface area (Å²) < 4.78 is 0. The maximum Gasteiger partial charge on any atom is 0.221 e. The molecule has 0 aliphatic rings. The van der Waals surface area contributed by atoms with Crippen molar-refractivity contribution in [3.8, 4) is 0 Å². The van der Waals surface area contributed by atoms with Gasteiger partial charge in [-0.2, -0.15) is 0 Å². The molecule has 0 fully saturated rings. The van der Waals surface area contributed by atoms with Crippen molar-refractivity contribution in [1.82, 2.24) is 0 Å². The molecule has 0 unspecified atom stereocenters. The fraction of sp³-hybridized carbons (Fsp3) is 0.333. The lowest BCUT2D eigenvalue weighted by Crippen LogP contribution is -2.05. The molecule has 0 radical (unpaired) electrons. The van der Waals surface area contributed by atoms with E-state index in [0.29, 0.717) is 0 Å². The lowest BCUT2D eigenvalue weighted by Gasteiger charge is -2.01. The van der Waals surface area contributed by atoms with E-state index in [1.165, 1.54) is 6.92 Å². The second-order valence-corrected chi connectivity index (χ2v) is 4.17. The van der Waals surface area contributed by atoms with Gasteiger partial charge in [0, 0.05) is 30.7 Å². The summed E-state index contributed by atoms with van der Waals surface area (Å²) in [4.78, 5) is 15.1. The molecule has 0 heterocycles. The summed E-state index contributed by atoms with van der Waals surface area (Å²) >= 11 is 3.35. The van der Waals surface area contributed by atoms with Gasteiger partial charge in [-0.3, -0.25) is 9.79 Å². The summed E-state index contributed by atoms with van der Waals surface area (Å²) in [5, 5.41) is 3.70. The molecule has 1 aromatic carbocycles. The van der Waals surface area contributed by atoms with Crippen LogP contribution < -0.4 is 5.32 Å². The third-order valence-electron chi connectivity index (χ3n) is 1.89. The van der Waals surface area contributed by atoms with Gasteiger partial charge in [0.05, 0.1) is 0 Å². The second-order valence-electron chi connectivity index (χ2n) is 3.38. The van der Waals surface area contributed by atoms with Gasteiger partial charge in [0.15, 0.2) is 0 Å². The summed E-state index contributed by atoms with van der Waals surface area (Å²) in [6, 6.07) is 7.60. The van der Waals surface area contributed by atoms with Crippen molar-refractivity contribution in [2.45, 2.75) is 13.3 Å². The lowest BCUT2D eigenvalue weighted by atomic mass is 10.2. The minimum absolute atomic E-state index is 0.0567. The van der Waals surface area contributed by atoms with E-state index in [4.69, 9.17) is 0 Å². The minimum Gasteiger partial charge on any atom is -0.326 e. The number of carbonyl (C=O) groups excluding carboxylic acids is 1. The van der Waals surface area contributed by atoms with Crippen LogP contribution in [0.25, 0.3) is 0 Å². The Morgan fingerprint density at radius 1 is 1.44 bits per heavy atom. The predicted octanol–water partition coefficient (Wildman–Crippen LogP) is 2.85. The molecule has 1 N–H and O–H groups in total. The van der Waals surface area contributed by atoms with Crippen molar-refractivity contribution >= 4 is 33.7 Å². The zero-order chi connectivity index (χ0) is 11.8. The third-order valence-corrected chi connectivity index (χ3v) is 2.45. The smallest absolute Gasteiger partial charge is 0.221 e. The highest BCUT2D eigenvalue weighted by molar-refractivity contribution is 9.09. The van der Waals surface area contributed by atoms with Crippen LogP contribution >= 0.6 is 15.9 Å². The Balaban J connectivity index is 2.50.